The van der Waals surface area contributed by atoms with Crippen molar-refractivity contribution in [2.24, 2.45) is 0 Å². The van der Waals surface area contributed by atoms with Crippen molar-refractivity contribution in [3.63, 3.8) is 0 Å². The lowest BCUT2D eigenvalue weighted by Gasteiger charge is -2.06. The Morgan fingerprint density at radius 3 is 3.00 bits per heavy atom. The average molecular weight is 228 g/mol. The summed E-state index contributed by atoms with van der Waals surface area (Å²) in [4.78, 5) is 4.55. The predicted octanol–water partition coefficient (Wildman–Crippen LogP) is 2.39. The van der Waals surface area contributed by atoms with Gasteiger partial charge in [-0.1, -0.05) is 6.92 Å². The summed E-state index contributed by atoms with van der Waals surface area (Å²) in [5.74, 6) is 0. The van der Waals surface area contributed by atoms with Crippen LogP contribution in [0.15, 0.2) is 5.38 Å². The Labute approximate surface area is 95.9 Å². The van der Waals surface area contributed by atoms with Gasteiger partial charge >= 0.3 is 0 Å². The molecule has 0 spiro atoms. The number of nitrogens with one attached hydrogen (secondary N) is 1. The second-order valence-corrected chi connectivity index (χ2v) is 4.27. The van der Waals surface area contributed by atoms with E-state index in [4.69, 9.17) is 4.74 Å². The Morgan fingerprint density at radius 2 is 2.33 bits per heavy atom. The van der Waals surface area contributed by atoms with Crippen molar-refractivity contribution >= 4 is 11.3 Å². The molecule has 1 N–H and O–H groups in total. The summed E-state index contributed by atoms with van der Waals surface area (Å²) in [6.07, 6.45) is 1.14. The highest BCUT2D eigenvalue weighted by atomic mass is 32.1. The first kappa shape index (κ1) is 12.6. The third-order valence-electron chi connectivity index (χ3n) is 2.14. The zero-order chi connectivity index (χ0) is 11.1. The monoisotopic (exact) mass is 228 g/mol. The number of hydrogen-bond donors (Lipinski definition) is 1. The molecular formula is C11H20N2OS. The Kier molecular flexibility index (Phi) is 5.83. The third kappa shape index (κ3) is 4.28. The number of likely N-dealkylation sites (N-methyl/N-ethyl adjacent to an activating group) is 1. The summed E-state index contributed by atoms with van der Waals surface area (Å²) < 4.78 is 5.50. The standard InChI is InChI=1S/C11H20N2OS/c1-4-12-7-6-10-8-15-11(13-10)9(3)14-5-2/h8-9,12H,4-7H2,1-3H3. The molecule has 0 fully saturated rings. The molecule has 0 saturated carbocycles. The Morgan fingerprint density at radius 1 is 1.53 bits per heavy atom. The van der Waals surface area contributed by atoms with E-state index in [1.54, 1.807) is 11.3 Å². The van der Waals surface area contributed by atoms with Crippen molar-refractivity contribution in [2.75, 3.05) is 19.7 Å². The first-order valence-corrected chi connectivity index (χ1v) is 6.42. The number of rotatable bonds is 7. The van der Waals surface area contributed by atoms with Gasteiger partial charge in [0.25, 0.3) is 0 Å². The molecule has 4 heteroatoms. The largest absolute Gasteiger partial charge is 0.372 e. The number of ether oxygens (including phenoxy) is 1. The number of hydrogen-bond acceptors (Lipinski definition) is 4. The minimum absolute atomic E-state index is 0.132. The van der Waals surface area contributed by atoms with Gasteiger partial charge in [0.2, 0.25) is 0 Å². The van der Waals surface area contributed by atoms with E-state index in [-0.39, 0.29) is 6.10 Å². The maximum Gasteiger partial charge on any atom is 0.121 e. The fourth-order valence-corrected chi connectivity index (χ4v) is 2.20. The van der Waals surface area contributed by atoms with E-state index in [1.807, 2.05) is 6.92 Å². The molecule has 1 unspecified atom stereocenters. The molecule has 0 radical (unpaired) electrons. The summed E-state index contributed by atoms with van der Waals surface area (Å²) >= 11 is 1.69. The second kappa shape index (κ2) is 6.93. The first-order chi connectivity index (χ1) is 7.27. The van der Waals surface area contributed by atoms with Gasteiger partial charge in [-0.25, -0.2) is 4.98 Å². The lowest BCUT2D eigenvalue weighted by Crippen LogP contribution is -2.16. The molecule has 0 saturated heterocycles. The van der Waals surface area contributed by atoms with Crippen LogP contribution in [-0.4, -0.2) is 24.7 Å². The van der Waals surface area contributed by atoms with Crippen LogP contribution >= 0.6 is 11.3 Å². The van der Waals surface area contributed by atoms with Crippen LogP contribution in [0, 0.1) is 0 Å². The van der Waals surface area contributed by atoms with Gasteiger partial charge in [0.15, 0.2) is 0 Å². The zero-order valence-electron chi connectivity index (χ0n) is 9.75. The minimum Gasteiger partial charge on any atom is -0.372 e. The first-order valence-electron chi connectivity index (χ1n) is 5.54. The minimum atomic E-state index is 0.132. The molecular weight excluding hydrogens is 208 g/mol. The summed E-state index contributed by atoms with van der Waals surface area (Å²) in [6.45, 7) is 8.94. The van der Waals surface area contributed by atoms with E-state index in [0.717, 1.165) is 31.1 Å². The van der Waals surface area contributed by atoms with Crippen molar-refractivity contribution in [3.05, 3.63) is 16.1 Å². The average Bonchev–Trinajstić information content (AvgIpc) is 2.67. The van der Waals surface area contributed by atoms with E-state index in [2.05, 4.69) is 29.5 Å². The van der Waals surface area contributed by atoms with Gasteiger partial charge in [-0.15, -0.1) is 11.3 Å². The maximum atomic E-state index is 5.50. The number of aromatic nitrogens is 1. The van der Waals surface area contributed by atoms with Gasteiger partial charge in [0, 0.05) is 25.0 Å². The molecule has 15 heavy (non-hydrogen) atoms. The lowest BCUT2D eigenvalue weighted by atomic mass is 10.3. The summed E-state index contributed by atoms with van der Waals surface area (Å²) in [5, 5.41) is 6.51. The van der Waals surface area contributed by atoms with E-state index in [9.17, 15) is 0 Å². The van der Waals surface area contributed by atoms with Crippen LogP contribution in [0.25, 0.3) is 0 Å². The van der Waals surface area contributed by atoms with Crippen LogP contribution in [0.3, 0.4) is 0 Å². The van der Waals surface area contributed by atoms with Gasteiger partial charge in [-0.2, -0.15) is 0 Å². The van der Waals surface area contributed by atoms with Crippen LogP contribution < -0.4 is 5.32 Å². The second-order valence-electron chi connectivity index (χ2n) is 3.38. The SMILES string of the molecule is CCNCCc1csc(C(C)OCC)n1. The van der Waals surface area contributed by atoms with Crippen LogP contribution in [0.4, 0.5) is 0 Å². The molecule has 1 heterocycles. The zero-order valence-corrected chi connectivity index (χ0v) is 10.6. The van der Waals surface area contributed by atoms with E-state index in [1.165, 1.54) is 5.69 Å². The van der Waals surface area contributed by atoms with Crippen molar-refractivity contribution in [1.29, 1.82) is 0 Å². The predicted molar refractivity (Wildman–Crippen MR) is 64.4 cm³/mol. The highest BCUT2D eigenvalue weighted by Crippen LogP contribution is 2.20. The highest BCUT2D eigenvalue weighted by molar-refractivity contribution is 7.09. The fourth-order valence-electron chi connectivity index (χ4n) is 1.34. The normalized spacial score (nSPS) is 13.0. The molecule has 1 aromatic heterocycles. The van der Waals surface area contributed by atoms with Crippen molar-refractivity contribution < 1.29 is 4.74 Å². The molecule has 0 aromatic carbocycles. The Bertz CT molecular complexity index is 275. The van der Waals surface area contributed by atoms with Crippen LogP contribution in [-0.2, 0) is 11.2 Å². The Balaban J connectivity index is 2.41. The fraction of sp³-hybridized carbons (Fsp3) is 0.727. The van der Waals surface area contributed by atoms with E-state index < -0.39 is 0 Å². The molecule has 0 aliphatic heterocycles. The van der Waals surface area contributed by atoms with Crippen molar-refractivity contribution in [1.82, 2.24) is 10.3 Å². The van der Waals surface area contributed by atoms with Gasteiger partial charge in [0.1, 0.15) is 11.1 Å². The number of thiazole rings is 1. The van der Waals surface area contributed by atoms with E-state index >= 15 is 0 Å². The van der Waals surface area contributed by atoms with Crippen molar-refractivity contribution in [2.45, 2.75) is 33.3 Å². The summed E-state index contributed by atoms with van der Waals surface area (Å²) in [6, 6.07) is 0. The van der Waals surface area contributed by atoms with E-state index in [0.29, 0.717) is 0 Å². The topological polar surface area (TPSA) is 34.1 Å². The smallest absolute Gasteiger partial charge is 0.121 e. The summed E-state index contributed by atoms with van der Waals surface area (Å²) in [5.41, 5.74) is 1.17. The van der Waals surface area contributed by atoms with Crippen LogP contribution in [0.2, 0.25) is 0 Å². The maximum absolute atomic E-state index is 5.50. The van der Waals surface area contributed by atoms with Gasteiger partial charge < -0.3 is 10.1 Å². The highest BCUT2D eigenvalue weighted by Gasteiger charge is 2.09. The van der Waals surface area contributed by atoms with Gasteiger partial charge in [0.05, 0.1) is 5.69 Å². The number of nitrogens with zero attached hydrogens (tertiary/aromatic N) is 1. The molecule has 0 bridgehead atoms. The quantitative estimate of drug-likeness (QED) is 0.728. The molecule has 1 atom stereocenters. The molecule has 0 aliphatic carbocycles. The van der Waals surface area contributed by atoms with Crippen LogP contribution in [0.1, 0.15) is 37.6 Å². The molecule has 0 amide bonds. The summed E-state index contributed by atoms with van der Waals surface area (Å²) in [7, 11) is 0. The van der Waals surface area contributed by atoms with Crippen molar-refractivity contribution in [3.8, 4) is 0 Å². The molecule has 3 nitrogen and oxygen atoms in total. The molecule has 0 aliphatic rings. The molecule has 86 valence electrons. The van der Waals surface area contributed by atoms with Crippen LogP contribution in [0.5, 0.6) is 0 Å². The molecule has 1 rings (SSSR count). The van der Waals surface area contributed by atoms with Gasteiger partial charge in [-0.05, 0) is 20.4 Å². The molecule has 1 aromatic rings. The third-order valence-corrected chi connectivity index (χ3v) is 3.20. The lowest BCUT2D eigenvalue weighted by molar-refractivity contribution is 0.0761. The van der Waals surface area contributed by atoms with Gasteiger partial charge in [-0.3, -0.25) is 0 Å². The Hall–Kier alpha value is -0.450.